The van der Waals surface area contributed by atoms with Crippen molar-refractivity contribution in [1.82, 2.24) is 0 Å². The van der Waals surface area contributed by atoms with E-state index in [1.54, 1.807) is 0 Å². The summed E-state index contributed by atoms with van der Waals surface area (Å²) in [7, 11) is 7.52. The lowest BCUT2D eigenvalue weighted by Crippen LogP contribution is -2.50. The van der Waals surface area contributed by atoms with Crippen molar-refractivity contribution in [2.24, 2.45) is 4.99 Å². The van der Waals surface area contributed by atoms with Crippen molar-refractivity contribution in [2.75, 3.05) is 54.4 Å². The molecule has 0 aromatic heterocycles. The number of aliphatic imine (C=N–C) groups is 1. The fourth-order valence-corrected chi connectivity index (χ4v) is 2.99. The van der Waals surface area contributed by atoms with Gasteiger partial charge in [0.1, 0.15) is 6.54 Å². The van der Waals surface area contributed by atoms with Crippen LogP contribution in [-0.4, -0.2) is 91.3 Å². The molecule has 0 aromatic rings. The van der Waals surface area contributed by atoms with Crippen molar-refractivity contribution in [3.05, 3.63) is 0 Å². The average Bonchev–Trinajstić information content (AvgIpc) is 2.80. The minimum atomic E-state index is -0.752. The number of quaternary nitrogens is 2. The Morgan fingerprint density at radius 2 is 1.62 bits per heavy atom. The van der Waals surface area contributed by atoms with Gasteiger partial charge in [0, 0.05) is 6.42 Å². The molecule has 0 radical (unpaired) electrons. The lowest BCUT2D eigenvalue weighted by Gasteiger charge is -2.28. The highest BCUT2D eigenvalue weighted by molar-refractivity contribution is 5.79. The Morgan fingerprint density at radius 1 is 1.04 bits per heavy atom. The largest absolute Gasteiger partial charge is 0.477 e. The van der Waals surface area contributed by atoms with Crippen LogP contribution in [0, 0.1) is 0 Å². The van der Waals surface area contributed by atoms with Crippen LogP contribution < -0.4 is 0 Å². The van der Waals surface area contributed by atoms with E-state index in [9.17, 15) is 9.59 Å². The number of amidine groups is 1. The number of nitrogens with zero attached hydrogens (tertiary/aromatic N) is 3. The topological polar surface area (TPSA) is 87.0 Å². The van der Waals surface area contributed by atoms with E-state index < -0.39 is 11.9 Å². The lowest BCUT2D eigenvalue weighted by atomic mass is 10.1. The number of hydrogen-bond donors (Lipinski definition) is 2. The summed E-state index contributed by atoms with van der Waals surface area (Å²) in [6.07, 6.45) is 8.58. The van der Waals surface area contributed by atoms with Gasteiger partial charge in [-0.15, -0.1) is 0 Å². The summed E-state index contributed by atoms with van der Waals surface area (Å²) in [4.78, 5) is 25.4. The highest BCUT2D eigenvalue weighted by atomic mass is 16.4. The van der Waals surface area contributed by atoms with E-state index in [1.807, 2.05) is 28.2 Å². The number of aliphatic carboxylic acids is 2. The molecule has 152 valence electrons. The predicted octanol–water partition coefficient (Wildman–Crippen LogP) is 2.46. The van der Waals surface area contributed by atoms with Crippen LogP contribution in [-0.2, 0) is 9.59 Å². The van der Waals surface area contributed by atoms with Gasteiger partial charge < -0.3 is 14.7 Å². The number of carbonyl (C=O) groups is 2. The Balaban J connectivity index is 0.000000660. The first kappa shape index (κ1) is 24.5. The third kappa shape index (κ3) is 12.0. The summed E-state index contributed by atoms with van der Waals surface area (Å²) in [5, 5.41) is 17.2. The van der Waals surface area contributed by atoms with Crippen molar-refractivity contribution in [3.8, 4) is 0 Å². The highest BCUT2D eigenvalue weighted by Gasteiger charge is 2.35. The fraction of sp³-hybridized carbons (Fsp3) is 0.842. The summed E-state index contributed by atoms with van der Waals surface area (Å²) in [6.45, 7) is 4.21. The standard InChI is InChI=1S/C14H26N2O2.C5H11NO2/c1-3-4-5-6-7-8-9-13-15-10-11-16(13,2)12-14(17)18;1-6(2,3)4-5(7)8/h3-12H2,1-2H3;4H2,1-3H3/p+2. The molecule has 0 saturated carbocycles. The minimum absolute atomic E-state index is 0.175. The van der Waals surface area contributed by atoms with Crippen molar-refractivity contribution < 1.29 is 28.8 Å². The number of hydrogen-bond acceptors (Lipinski definition) is 3. The van der Waals surface area contributed by atoms with Gasteiger partial charge >= 0.3 is 11.9 Å². The SMILES string of the molecule is CCCCCCCCC1=NCC[N+]1(C)CC(=O)O.C[N+](C)(C)CC(=O)O. The highest BCUT2D eigenvalue weighted by Crippen LogP contribution is 2.17. The molecule has 26 heavy (non-hydrogen) atoms. The number of unbranched alkanes of at least 4 members (excludes halogenated alkanes) is 5. The van der Waals surface area contributed by atoms with E-state index in [1.165, 1.54) is 32.1 Å². The van der Waals surface area contributed by atoms with E-state index in [0.717, 1.165) is 31.8 Å². The van der Waals surface area contributed by atoms with Crippen molar-refractivity contribution in [2.45, 2.75) is 51.9 Å². The van der Waals surface area contributed by atoms with Crippen molar-refractivity contribution >= 4 is 17.8 Å². The van der Waals surface area contributed by atoms with Crippen LogP contribution in [0.3, 0.4) is 0 Å². The summed E-state index contributed by atoms with van der Waals surface area (Å²) in [5.74, 6) is -0.388. The molecule has 1 atom stereocenters. The summed E-state index contributed by atoms with van der Waals surface area (Å²) in [5.41, 5.74) is 0. The minimum Gasteiger partial charge on any atom is -0.477 e. The number of rotatable bonds is 11. The Labute approximate surface area is 158 Å². The third-order valence-corrected chi connectivity index (χ3v) is 4.36. The number of carboxylic acids is 2. The molecular weight excluding hydrogens is 334 g/mol. The number of carboxylic acid groups (broad SMARTS) is 2. The van der Waals surface area contributed by atoms with Gasteiger partial charge in [-0.2, -0.15) is 0 Å². The lowest BCUT2D eigenvalue weighted by molar-refractivity contribution is -0.862. The molecule has 0 aliphatic carbocycles. The van der Waals surface area contributed by atoms with Crippen LogP contribution in [0.4, 0.5) is 0 Å². The first-order valence-corrected chi connectivity index (χ1v) is 9.62. The molecule has 1 rings (SSSR count). The predicted molar refractivity (Wildman–Crippen MR) is 104 cm³/mol. The second-order valence-electron chi connectivity index (χ2n) is 8.33. The van der Waals surface area contributed by atoms with Crippen molar-refractivity contribution in [3.63, 3.8) is 0 Å². The summed E-state index contributed by atoms with van der Waals surface area (Å²) < 4.78 is 1.000. The van der Waals surface area contributed by atoms with Gasteiger partial charge in [0.15, 0.2) is 18.9 Å². The molecule has 0 aromatic carbocycles. The second-order valence-corrected chi connectivity index (χ2v) is 8.33. The molecule has 0 bridgehead atoms. The van der Waals surface area contributed by atoms with Crippen LogP contribution in [0.15, 0.2) is 4.99 Å². The monoisotopic (exact) mass is 373 g/mol. The molecule has 1 heterocycles. The van der Waals surface area contributed by atoms with Crippen molar-refractivity contribution in [1.29, 1.82) is 0 Å². The first-order chi connectivity index (χ1) is 12.0. The van der Waals surface area contributed by atoms with Gasteiger partial charge in [0.25, 0.3) is 0 Å². The molecule has 0 fully saturated rings. The maximum absolute atomic E-state index is 10.9. The van der Waals surface area contributed by atoms with Crippen LogP contribution in [0.25, 0.3) is 0 Å². The molecule has 1 aliphatic rings. The van der Waals surface area contributed by atoms with E-state index in [2.05, 4.69) is 11.9 Å². The average molecular weight is 374 g/mol. The quantitative estimate of drug-likeness (QED) is 0.430. The molecule has 1 unspecified atom stereocenters. The van der Waals surface area contributed by atoms with E-state index in [0.29, 0.717) is 8.97 Å². The van der Waals surface area contributed by atoms with Crippen LogP contribution in [0.1, 0.15) is 51.9 Å². The summed E-state index contributed by atoms with van der Waals surface area (Å²) >= 11 is 0. The molecule has 7 nitrogen and oxygen atoms in total. The van der Waals surface area contributed by atoms with Gasteiger partial charge in [-0.3, -0.25) is 4.48 Å². The molecule has 0 amide bonds. The van der Waals surface area contributed by atoms with E-state index in [4.69, 9.17) is 10.2 Å². The summed E-state index contributed by atoms with van der Waals surface area (Å²) in [6, 6.07) is 0. The molecule has 2 N–H and O–H groups in total. The Hall–Kier alpha value is -1.47. The first-order valence-electron chi connectivity index (χ1n) is 9.62. The Kier molecular flexibility index (Phi) is 11.3. The van der Waals surface area contributed by atoms with Gasteiger partial charge in [0.2, 0.25) is 0 Å². The zero-order valence-electron chi connectivity index (χ0n) is 17.3. The maximum atomic E-state index is 10.9. The molecule has 7 heteroatoms. The molecular formula is C19H39N3O4+2. The molecule has 1 aliphatic heterocycles. The number of likely N-dealkylation sites (N-methyl/N-ethyl adjacent to an activating group) is 2. The van der Waals surface area contributed by atoms with Gasteiger partial charge in [-0.1, -0.05) is 39.0 Å². The second kappa shape index (κ2) is 12.0. The van der Waals surface area contributed by atoms with Crippen LogP contribution in [0.5, 0.6) is 0 Å². The van der Waals surface area contributed by atoms with E-state index >= 15 is 0 Å². The fourth-order valence-electron chi connectivity index (χ4n) is 2.99. The Bertz CT molecular complexity index is 472. The maximum Gasteiger partial charge on any atom is 0.359 e. The Morgan fingerprint density at radius 3 is 2.08 bits per heavy atom. The van der Waals surface area contributed by atoms with Crippen LogP contribution in [0.2, 0.25) is 0 Å². The smallest absolute Gasteiger partial charge is 0.359 e. The molecule has 0 spiro atoms. The normalized spacial score (nSPS) is 19.5. The third-order valence-electron chi connectivity index (χ3n) is 4.36. The van der Waals surface area contributed by atoms with Gasteiger partial charge in [-0.25, -0.2) is 14.6 Å². The molecule has 0 saturated heterocycles. The van der Waals surface area contributed by atoms with Gasteiger partial charge in [0.05, 0.1) is 34.7 Å². The zero-order chi connectivity index (χ0) is 20.2. The zero-order valence-corrected chi connectivity index (χ0v) is 17.3. The van der Waals surface area contributed by atoms with Gasteiger partial charge in [-0.05, 0) is 6.42 Å². The van der Waals surface area contributed by atoms with Crippen LogP contribution >= 0.6 is 0 Å². The van der Waals surface area contributed by atoms with E-state index in [-0.39, 0.29) is 13.1 Å².